The molecule has 0 spiro atoms. The van der Waals surface area contributed by atoms with Gasteiger partial charge >= 0.3 is 5.97 Å². The van der Waals surface area contributed by atoms with Crippen molar-refractivity contribution in [2.24, 2.45) is 17.8 Å². The number of carbonyl (C=O) groups is 3. The molecule has 2 aromatic rings. The Morgan fingerprint density at radius 1 is 0.861 bits per heavy atom. The third kappa shape index (κ3) is 19.6. The van der Waals surface area contributed by atoms with Crippen LogP contribution in [0, 0.1) is 24.7 Å². The number of ether oxygens (including phenoxy) is 5. The Hall–Kier alpha value is -3.04. The second kappa shape index (κ2) is 33.1. The molecule has 1 aromatic heterocycles. The monoisotopic (exact) mass is 1020 g/mol. The molecule has 72 heavy (non-hydrogen) atoms. The van der Waals surface area contributed by atoms with Crippen LogP contribution in [0.15, 0.2) is 36.5 Å². The van der Waals surface area contributed by atoms with E-state index in [0.717, 1.165) is 25.0 Å². The van der Waals surface area contributed by atoms with Gasteiger partial charge in [0, 0.05) is 62.1 Å². The van der Waals surface area contributed by atoms with E-state index in [1.54, 1.807) is 27.7 Å². The molecule has 17 nitrogen and oxygen atoms in total. The third-order valence-corrected chi connectivity index (χ3v) is 14.1. The fourth-order valence-corrected chi connectivity index (χ4v) is 10.2. The molecule has 17 heteroatoms. The first-order valence-electron chi connectivity index (χ1n) is 26.1. The molecule has 0 saturated carbocycles. The summed E-state index contributed by atoms with van der Waals surface area (Å²) in [5, 5.41) is 61.9. The topological polar surface area (TPSA) is 230 Å². The van der Waals surface area contributed by atoms with E-state index in [2.05, 4.69) is 53.4 Å². The van der Waals surface area contributed by atoms with Crippen molar-refractivity contribution >= 4 is 30.5 Å². The van der Waals surface area contributed by atoms with E-state index >= 15 is 0 Å². The van der Waals surface area contributed by atoms with Crippen molar-refractivity contribution in [1.29, 1.82) is 0 Å². The van der Waals surface area contributed by atoms with Crippen molar-refractivity contribution < 1.29 is 63.6 Å². The van der Waals surface area contributed by atoms with Gasteiger partial charge in [0.25, 0.3) is 0 Å². The van der Waals surface area contributed by atoms with Gasteiger partial charge in [-0.2, -0.15) is 0 Å². The van der Waals surface area contributed by atoms with Crippen molar-refractivity contribution in [2.45, 2.75) is 220 Å². The average molecular weight is 1030 g/mol. The zero-order chi connectivity index (χ0) is 55.9. The van der Waals surface area contributed by atoms with Gasteiger partial charge in [-0.05, 0) is 113 Å². The summed E-state index contributed by atoms with van der Waals surface area (Å²) in [7, 11) is 5.88. The predicted octanol–water partition coefficient (Wildman–Crippen LogP) is 6.09. The predicted molar refractivity (Wildman–Crippen MR) is 284 cm³/mol. The van der Waals surface area contributed by atoms with Crippen LogP contribution in [0.25, 0.3) is 10.9 Å². The van der Waals surface area contributed by atoms with Gasteiger partial charge in [-0.3, -0.25) is 9.78 Å². The maximum Gasteiger partial charge on any atom is 0.311 e. The van der Waals surface area contributed by atoms with Crippen LogP contribution in [0.2, 0.25) is 0 Å². The zero-order valence-electron chi connectivity index (χ0n) is 47.5. The van der Waals surface area contributed by atoms with Gasteiger partial charge in [0.1, 0.15) is 37.5 Å². The number of nitrogens with zero attached hydrogens (tertiary/aromatic N) is 3. The van der Waals surface area contributed by atoms with Crippen LogP contribution in [-0.2, 0) is 38.1 Å². The average Bonchev–Trinajstić information content (AvgIpc) is 3.36. The summed E-state index contributed by atoms with van der Waals surface area (Å²) in [5.41, 5.74) is -2.44. The molecule has 0 bridgehead atoms. The number of cyclic esters (lactones) is 1. The second-order valence-corrected chi connectivity index (χ2v) is 20.2. The number of hydrogen-bond acceptors (Lipinski definition) is 17. The molecule has 3 aliphatic heterocycles. The maximum absolute atomic E-state index is 14.2. The van der Waals surface area contributed by atoms with Crippen LogP contribution in [-0.4, -0.2) is 185 Å². The van der Waals surface area contributed by atoms with Crippen molar-refractivity contribution in [3.8, 4) is 0 Å². The van der Waals surface area contributed by atoms with Crippen LogP contribution >= 0.6 is 0 Å². The van der Waals surface area contributed by atoms with Crippen LogP contribution in [0.4, 0.5) is 0 Å². The standard InChI is InChI=1S/C39H75N3O11.C10H9N.2C2H6.2CH2O/c1-14-29-39(10,48)33(43)26(6)42(13)21-22(2)19-38(9,47)35(53-30-18-28(17-23(3)49-30)41(12)16-15-40-11)24(4)32(25(5)36(45)51-29)52-31-20-37(8,46)34(44)27(7)50-31;1-8-4-2-5-9-6-3-7-11-10(8)9;4*1-2/h22-35,40,43-44,46-48H,14-21H2,1-13H3;2-7H,1H3;2*1-2H3;2*1H2/t22-,23?,24+,25?,26?,27?,28?,29-,30?,31+,32+,33?,34+,35-,37-,38-,39-;;;;;/m1...../s1. The lowest BCUT2D eigenvalue weighted by Crippen LogP contribution is -2.59. The van der Waals surface area contributed by atoms with Crippen molar-refractivity contribution in [1.82, 2.24) is 20.1 Å². The minimum Gasteiger partial charge on any atom is -0.459 e. The third-order valence-electron chi connectivity index (χ3n) is 14.1. The van der Waals surface area contributed by atoms with Gasteiger partial charge in [-0.1, -0.05) is 72.7 Å². The molecule has 5 rings (SSSR count). The molecule has 17 atom stereocenters. The van der Waals surface area contributed by atoms with Crippen molar-refractivity contribution in [2.75, 3.05) is 40.8 Å². The number of para-hydroxylation sites is 1. The number of aromatic nitrogens is 1. The van der Waals surface area contributed by atoms with Crippen LogP contribution in [0.5, 0.6) is 0 Å². The first kappa shape index (κ1) is 69.0. The molecule has 1 aromatic carbocycles. The second-order valence-electron chi connectivity index (χ2n) is 20.2. The number of fused-ring (bicyclic) bond motifs is 1. The number of benzene rings is 1. The Balaban J connectivity index is 0.00000224. The lowest BCUT2D eigenvalue weighted by molar-refractivity contribution is -0.305. The van der Waals surface area contributed by atoms with Crippen LogP contribution in [0.3, 0.4) is 0 Å². The molecule has 4 heterocycles. The van der Waals surface area contributed by atoms with E-state index in [1.807, 2.05) is 100 Å². The minimum absolute atomic E-state index is 0.0744. The number of rotatable bonds is 9. The number of aliphatic hydroxyl groups is 5. The highest BCUT2D eigenvalue weighted by Gasteiger charge is 2.51. The van der Waals surface area contributed by atoms with E-state index in [4.69, 9.17) is 33.3 Å². The molecule has 3 aliphatic rings. The first-order valence-corrected chi connectivity index (χ1v) is 26.1. The Bertz CT molecular complexity index is 1780. The zero-order valence-corrected chi connectivity index (χ0v) is 47.5. The van der Waals surface area contributed by atoms with E-state index in [0.29, 0.717) is 19.4 Å². The van der Waals surface area contributed by atoms with Crippen molar-refractivity contribution in [3.63, 3.8) is 0 Å². The quantitative estimate of drug-likeness (QED) is 0.156. The number of esters is 1. The first-order chi connectivity index (χ1) is 33.8. The van der Waals surface area contributed by atoms with Gasteiger partial charge in [-0.15, -0.1) is 0 Å². The minimum atomic E-state index is -1.79. The molecule has 418 valence electrons. The van der Waals surface area contributed by atoms with E-state index in [1.165, 1.54) is 24.8 Å². The smallest absolute Gasteiger partial charge is 0.311 e. The molecule has 6 N–H and O–H groups in total. The number of carbonyl (C=O) groups excluding carboxylic acids is 3. The Labute approximate surface area is 433 Å². The van der Waals surface area contributed by atoms with Gasteiger partial charge in [0.15, 0.2) is 12.6 Å². The highest BCUT2D eigenvalue weighted by molar-refractivity contribution is 5.81. The summed E-state index contributed by atoms with van der Waals surface area (Å²) < 4.78 is 32.0. The fourth-order valence-electron chi connectivity index (χ4n) is 10.2. The number of aryl methyl sites for hydroxylation is 1. The van der Waals surface area contributed by atoms with Gasteiger partial charge < -0.3 is 73.9 Å². The SMILES string of the molecule is C=O.C=O.CC.CC.CC[C@H]1OC(=O)C(C)[C@@H](O[C@H]2C[C@@](C)(O)[C@@H](O)C(C)O2)[C@H](C)[C@@H](OC2CC(N(C)CCNC)CC(C)O2)[C@](C)(O)C[C@@H](C)CN(C)C(C)C(O)[C@]1(C)O.Cc1cccc2cccnc12. The van der Waals surface area contributed by atoms with Crippen molar-refractivity contribution in [3.05, 3.63) is 42.1 Å². The van der Waals surface area contributed by atoms with E-state index in [9.17, 15) is 30.3 Å². The fraction of sp³-hybridized carbons (Fsp3) is 0.782. The molecular formula is C55H100N4O13. The lowest BCUT2D eigenvalue weighted by atomic mass is 9.77. The molecule has 0 amide bonds. The molecule has 3 saturated heterocycles. The Kier molecular flexibility index (Phi) is 31.7. The summed E-state index contributed by atoms with van der Waals surface area (Å²) in [6, 6.07) is 9.91. The van der Waals surface area contributed by atoms with Gasteiger partial charge in [0.05, 0.1) is 47.1 Å². The number of pyridine rings is 1. The van der Waals surface area contributed by atoms with Crippen LogP contribution in [0.1, 0.15) is 135 Å². The number of hydrogen-bond donors (Lipinski definition) is 6. The highest BCUT2D eigenvalue weighted by atomic mass is 16.7. The Morgan fingerprint density at radius 3 is 2.01 bits per heavy atom. The van der Waals surface area contributed by atoms with Gasteiger partial charge in [-0.25, -0.2) is 0 Å². The maximum atomic E-state index is 14.2. The molecule has 0 aliphatic carbocycles. The molecular weight excluding hydrogens is 925 g/mol. The lowest BCUT2D eigenvalue weighted by Gasteiger charge is -2.47. The van der Waals surface area contributed by atoms with Crippen LogP contribution < -0.4 is 5.32 Å². The normalized spacial score (nSPS) is 36.8. The largest absolute Gasteiger partial charge is 0.459 e. The molecule has 0 radical (unpaired) electrons. The molecule has 3 fully saturated rings. The summed E-state index contributed by atoms with van der Waals surface area (Å²) in [6.45, 7) is 33.8. The Morgan fingerprint density at radius 2 is 1.46 bits per heavy atom. The summed E-state index contributed by atoms with van der Waals surface area (Å²) >= 11 is 0. The van der Waals surface area contributed by atoms with Gasteiger partial charge in [0.2, 0.25) is 0 Å². The van der Waals surface area contributed by atoms with E-state index in [-0.39, 0.29) is 30.9 Å². The number of nitrogens with one attached hydrogen (secondary N) is 1. The highest BCUT2D eigenvalue weighted by Crippen LogP contribution is 2.39. The summed E-state index contributed by atoms with van der Waals surface area (Å²) in [6.07, 6.45) is -4.27. The number of likely N-dealkylation sites (N-methyl/N-ethyl adjacent to an activating group) is 3. The summed E-state index contributed by atoms with van der Waals surface area (Å²) in [5.74, 6) is -2.43. The molecule has 7 unspecified atom stereocenters. The summed E-state index contributed by atoms with van der Waals surface area (Å²) in [4.78, 5) is 38.7. The van der Waals surface area contributed by atoms with E-state index < -0.39 is 89.9 Å². The number of aliphatic hydroxyl groups excluding tert-OH is 2.